The normalized spacial score (nSPS) is 18.7. The molecule has 1 atom stereocenters. The van der Waals surface area contributed by atoms with Crippen molar-refractivity contribution < 1.29 is 13.9 Å². The molecule has 0 aliphatic carbocycles. The van der Waals surface area contributed by atoms with Gasteiger partial charge in [-0.25, -0.2) is 9.18 Å². The van der Waals surface area contributed by atoms with Gasteiger partial charge in [0, 0.05) is 19.1 Å². The molecule has 0 radical (unpaired) electrons. The summed E-state index contributed by atoms with van der Waals surface area (Å²) in [5.74, 6) is -0.267. The van der Waals surface area contributed by atoms with Crippen molar-refractivity contribution in [3.8, 4) is 0 Å². The Hall–Kier alpha value is -1.78. The lowest BCUT2D eigenvalue weighted by molar-refractivity contribution is 0.0293. The summed E-state index contributed by atoms with van der Waals surface area (Å²) in [7, 11) is 0. The standard InChI is InChI=1S/C16H23FN2O2/c1-11-5-6-13(17)14(9-11)18-12-7-8-19(10-12)15(20)21-16(2,3)4/h5-6,9,12,18H,7-8,10H2,1-4H3. The number of hydrogen-bond donors (Lipinski definition) is 1. The molecule has 0 saturated carbocycles. The monoisotopic (exact) mass is 294 g/mol. The Labute approximate surface area is 125 Å². The Morgan fingerprint density at radius 1 is 1.43 bits per heavy atom. The second-order valence-electron chi connectivity index (χ2n) is 6.54. The van der Waals surface area contributed by atoms with Crippen LogP contribution in [0.3, 0.4) is 0 Å². The molecule has 1 unspecified atom stereocenters. The van der Waals surface area contributed by atoms with Crippen molar-refractivity contribution in [1.29, 1.82) is 0 Å². The lowest BCUT2D eigenvalue weighted by atomic mass is 10.2. The molecule has 1 fully saturated rings. The van der Waals surface area contributed by atoms with E-state index in [9.17, 15) is 9.18 Å². The van der Waals surface area contributed by atoms with Crippen molar-refractivity contribution >= 4 is 11.8 Å². The summed E-state index contributed by atoms with van der Waals surface area (Å²) in [6.07, 6.45) is 0.476. The van der Waals surface area contributed by atoms with Gasteiger partial charge in [-0.05, 0) is 51.8 Å². The Morgan fingerprint density at radius 2 is 2.14 bits per heavy atom. The van der Waals surface area contributed by atoms with E-state index in [0.717, 1.165) is 12.0 Å². The number of aryl methyl sites for hydroxylation is 1. The summed E-state index contributed by atoms with van der Waals surface area (Å²) in [4.78, 5) is 13.6. The number of anilines is 1. The number of carbonyl (C=O) groups excluding carboxylic acids is 1. The topological polar surface area (TPSA) is 41.6 Å². The predicted molar refractivity (Wildman–Crippen MR) is 81.0 cm³/mol. The molecule has 0 aromatic heterocycles. The highest BCUT2D eigenvalue weighted by Crippen LogP contribution is 2.21. The summed E-state index contributed by atoms with van der Waals surface area (Å²) in [6.45, 7) is 8.62. The smallest absolute Gasteiger partial charge is 0.410 e. The zero-order valence-electron chi connectivity index (χ0n) is 13.1. The van der Waals surface area contributed by atoms with Crippen molar-refractivity contribution in [2.24, 2.45) is 0 Å². The highest BCUT2D eigenvalue weighted by Gasteiger charge is 2.29. The maximum Gasteiger partial charge on any atom is 0.410 e. The summed E-state index contributed by atoms with van der Waals surface area (Å²) >= 11 is 0. The number of amides is 1. The third-order valence-corrected chi connectivity index (χ3v) is 3.32. The zero-order chi connectivity index (χ0) is 15.6. The molecule has 21 heavy (non-hydrogen) atoms. The van der Waals surface area contributed by atoms with E-state index in [1.165, 1.54) is 6.07 Å². The Morgan fingerprint density at radius 3 is 2.81 bits per heavy atom. The van der Waals surface area contributed by atoms with Gasteiger partial charge in [0.1, 0.15) is 11.4 Å². The van der Waals surface area contributed by atoms with Crippen LogP contribution in [0.15, 0.2) is 18.2 Å². The first-order valence-electron chi connectivity index (χ1n) is 7.25. The number of likely N-dealkylation sites (tertiary alicyclic amines) is 1. The number of hydrogen-bond acceptors (Lipinski definition) is 3. The maximum atomic E-state index is 13.7. The lowest BCUT2D eigenvalue weighted by Gasteiger charge is -2.24. The first-order chi connectivity index (χ1) is 9.74. The fourth-order valence-corrected chi connectivity index (χ4v) is 2.34. The molecule has 0 bridgehead atoms. The molecule has 1 heterocycles. The van der Waals surface area contributed by atoms with Gasteiger partial charge in [0.25, 0.3) is 0 Å². The van der Waals surface area contributed by atoms with Crippen LogP contribution in [0.25, 0.3) is 0 Å². The lowest BCUT2D eigenvalue weighted by Crippen LogP contribution is -2.36. The molecule has 1 aliphatic heterocycles. The van der Waals surface area contributed by atoms with Crippen molar-refractivity contribution in [3.05, 3.63) is 29.6 Å². The van der Waals surface area contributed by atoms with E-state index < -0.39 is 5.60 Å². The predicted octanol–water partition coefficient (Wildman–Crippen LogP) is 3.56. The molecule has 1 aliphatic rings. The molecule has 116 valence electrons. The quantitative estimate of drug-likeness (QED) is 0.907. The van der Waals surface area contributed by atoms with Crippen LogP contribution in [0.4, 0.5) is 14.9 Å². The Kier molecular flexibility index (Phi) is 4.40. The number of nitrogens with one attached hydrogen (secondary N) is 1. The van der Waals surface area contributed by atoms with Crippen molar-refractivity contribution in [3.63, 3.8) is 0 Å². The van der Waals surface area contributed by atoms with Crippen LogP contribution in [0, 0.1) is 12.7 Å². The third kappa shape index (κ3) is 4.34. The number of carbonyl (C=O) groups is 1. The molecule has 4 nitrogen and oxygen atoms in total. The van der Waals surface area contributed by atoms with Crippen molar-refractivity contribution in [1.82, 2.24) is 4.90 Å². The second kappa shape index (κ2) is 5.92. The van der Waals surface area contributed by atoms with E-state index in [1.807, 2.05) is 27.7 Å². The van der Waals surface area contributed by atoms with Gasteiger partial charge in [0.05, 0.1) is 5.69 Å². The summed E-state index contributed by atoms with van der Waals surface area (Å²) in [5, 5.41) is 3.17. The summed E-state index contributed by atoms with van der Waals surface area (Å²) in [5.41, 5.74) is 0.998. The van der Waals surface area contributed by atoms with Gasteiger partial charge in [-0.2, -0.15) is 0 Å². The Bertz CT molecular complexity index is 525. The van der Waals surface area contributed by atoms with Gasteiger partial charge >= 0.3 is 6.09 Å². The average Bonchev–Trinajstić information content (AvgIpc) is 2.80. The first-order valence-corrected chi connectivity index (χ1v) is 7.25. The number of halogens is 1. The van der Waals surface area contributed by atoms with Gasteiger partial charge in [-0.15, -0.1) is 0 Å². The zero-order valence-corrected chi connectivity index (χ0v) is 13.1. The van der Waals surface area contributed by atoms with Gasteiger partial charge in [-0.3, -0.25) is 0 Å². The van der Waals surface area contributed by atoms with E-state index in [4.69, 9.17) is 4.74 Å². The van der Waals surface area contributed by atoms with E-state index in [1.54, 1.807) is 17.0 Å². The van der Waals surface area contributed by atoms with Crippen LogP contribution in [-0.4, -0.2) is 35.7 Å². The fraction of sp³-hybridized carbons (Fsp3) is 0.562. The Balaban J connectivity index is 1.93. The summed E-state index contributed by atoms with van der Waals surface area (Å²) < 4.78 is 19.1. The van der Waals surface area contributed by atoms with Gasteiger partial charge < -0.3 is 15.0 Å². The minimum Gasteiger partial charge on any atom is -0.444 e. The molecule has 1 N–H and O–H groups in total. The molecule has 2 rings (SSSR count). The van der Waals surface area contributed by atoms with E-state index >= 15 is 0 Å². The van der Waals surface area contributed by atoms with Crippen LogP contribution < -0.4 is 5.32 Å². The minimum absolute atomic E-state index is 0.0498. The second-order valence-corrected chi connectivity index (χ2v) is 6.54. The first kappa shape index (κ1) is 15.6. The van der Waals surface area contributed by atoms with Crippen LogP contribution in [0.1, 0.15) is 32.8 Å². The maximum absolute atomic E-state index is 13.7. The number of rotatable bonds is 2. The molecule has 5 heteroatoms. The van der Waals surface area contributed by atoms with Crippen LogP contribution in [-0.2, 0) is 4.74 Å². The molecule has 1 amide bonds. The number of nitrogens with zero attached hydrogens (tertiary/aromatic N) is 1. The van der Waals surface area contributed by atoms with Crippen LogP contribution >= 0.6 is 0 Å². The minimum atomic E-state index is -0.495. The SMILES string of the molecule is Cc1ccc(F)c(NC2CCN(C(=O)OC(C)(C)C)C2)c1. The molecule has 0 spiro atoms. The van der Waals surface area contributed by atoms with Crippen molar-refractivity contribution in [2.75, 3.05) is 18.4 Å². The molecule has 1 aromatic rings. The van der Waals surface area contributed by atoms with Crippen molar-refractivity contribution in [2.45, 2.75) is 45.8 Å². The molecular weight excluding hydrogens is 271 g/mol. The van der Waals surface area contributed by atoms with Gasteiger partial charge in [0.2, 0.25) is 0 Å². The van der Waals surface area contributed by atoms with E-state index in [2.05, 4.69) is 5.32 Å². The molecule has 1 aromatic carbocycles. The average molecular weight is 294 g/mol. The highest BCUT2D eigenvalue weighted by atomic mass is 19.1. The van der Waals surface area contributed by atoms with Gasteiger partial charge in [0.15, 0.2) is 0 Å². The van der Waals surface area contributed by atoms with E-state index in [-0.39, 0.29) is 18.0 Å². The van der Waals surface area contributed by atoms with Crippen LogP contribution in [0.2, 0.25) is 0 Å². The largest absolute Gasteiger partial charge is 0.444 e. The molecule has 1 saturated heterocycles. The number of ether oxygens (including phenoxy) is 1. The fourth-order valence-electron chi connectivity index (χ4n) is 2.34. The number of benzene rings is 1. The molecular formula is C16H23FN2O2. The summed E-state index contributed by atoms with van der Waals surface area (Å²) in [6, 6.07) is 5.03. The van der Waals surface area contributed by atoms with Gasteiger partial charge in [-0.1, -0.05) is 6.07 Å². The van der Waals surface area contributed by atoms with E-state index in [0.29, 0.717) is 18.8 Å². The van der Waals surface area contributed by atoms with Crippen LogP contribution in [0.5, 0.6) is 0 Å². The highest BCUT2D eigenvalue weighted by molar-refractivity contribution is 5.68. The third-order valence-electron chi connectivity index (χ3n) is 3.32.